The molecule has 0 atom stereocenters. The second-order valence-electron chi connectivity index (χ2n) is 3.85. The highest BCUT2D eigenvalue weighted by Gasteiger charge is 2.08. The molecule has 0 bridgehead atoms. The SMILES string of the molecule is CS(=O)(=O)Nc1cc(NCc2nccs2)ccc1F. The van der Waals surface area contributed by atoms with E-state index in [1.165, 1.54) is 29.5 Å². The molecule has 0 unspecified atom stereocenters. The first-order valence-corrected chi connectivity index (χ1v) is 8.11. The van der Waals surface area contributed by atoms with Crippen LogP contribution in [0.15, 0.2) is 29.8 Å². The van der Waals surface area contributed by atoms with Crippen molar-refractivity contribution in [3.05, 3.63) is 40.6 Å². The van der Waals surface area contributed by atoms with E-state index in [1.807, 2.05) is 5.38 Å². The molecule has 1 heterocycles. The second kappa shape index (κ2) is 5.54. The molecular formula is C11H12FN3O2S2. The lowest BCUT2D eigenvalue weighted by atomic mass is 10.2. The molecule has 0 radical (unpaired) electrons. The van der Waals surface area contributed by atoms with Crippen molar-refractivity contribution < 1.29 is 12.8 Å². The minimum absolute atomic E-state index is 0.0772. The summed E-state index contributed by atoms with van der Waals surface area (Å²) in [5.41, 5.74) is 0.536. The van der Waals surface area contributed by atoms with Crippen LogP contribution in [0.3, 0.4) is 0 Å². The van der Waals surface area contributed by atoms with Crippen LogP contribution >= 0.6 is 11.3 Å². The van der Waals surface area contributed by atoms with Gasteiger partial charge in [-0.15, -0.1) is 11.3 Å². The van der Waals surface area contributed by atoms with Crippen molar-refractivity contribution in [1.82, 2.24) is 4.98 Å². The molecule has 2 N–H and O–H groups in total. The first kappa shape index (κ1) is 13.8. The Bertz CT molecular complexity index is 657. The number of nitrogens with zero attached hydrogens (tertiary/aromatic N) is 1. The predicted octanol–water partition coefficient (Wildman–Crippen LogP) is 2.27. The Labute approximate surface area is 114 Å². The van der Waals surface area contributed by atoms with E-state index in [2.05, 4.69) is 15.0 Å². The van der Waals surface area contributed by atoms with Crippen LogP contribution in [0.2, 0.25) is 0 Å². The van der Waals surface area contributed by atoms with Gasteiger partial charge in [-0.3, -0.25) is 4.72 Å². The maximum Gasteiger partial charge on any atom is 0.229 e. The summed E-state index contributed by atoms with van der Waals surface area (Å²) in [6.45, 7) is 0.502. The maximum absolute atomic E-state index is 13.4. The number of sulfonamides is 1. The molecule has 1 aromatic heterocycles. The van der Waals surface area contributed by atoms with E-state index >= 15 is 0 Å². The summed E-state index contributed by atoms with van der Waals surface area (Å²) in [6.07, 6.45) is 2.67. The molecule has 0 aliphatic carbocycles. The molecule has 0 aliphatic rings. The Balaban J connectivity index is 2.12. The van der Waals surface area contributed by atoms with E-state index in [4.69, 9.17) is 0 Å². The number of halogens is 1. The molecule has 0 saturated heterocycles. The highest BCUT2D eigenvalue weighted by atomic mass is 32.2. The summed E-state index contributed by atoms with van der Waals surface area (Å²) in [6, 6.07) is 4.15. The topological polar surface area (TPSA) is 71.1 Å². The van der Waals surface area contributed by atoms with Crippen LogP contribution < -0.4 is 10.0 Å². The van der Waals surface area contributed by atoms with Gasteiger partial charge >= 0.3 is 0 Å². The zero-order chi connectivity index (χ0) is 13.9. The number of thiazole rings is 1. The third kappa shape index (κ3) is 4.18. The number of hydrogen-bond acceptors (Lipinski definition) is 5. The molecule has 5 nitrogen and oxygen atoms in total. The van der Waals surface area contributed by atoms with Gasteiger partial charge < -0.3 is 5.32 Å². The Hall–Kier alpha value is -1.67. The van der Waals surface area contributed by atoms with Gasteiger partial charge in [-0.1, -0.05) is 0 Å². The smallest absolute Gasteiger partial charge is 0.229 e. The van der Waals surface area contributed by atoms with Crippen LogP contribution in [-0.2, 0) is 16.6 Å². The molecular weight excluding hydrogens is 289 g/mol. The quantitative estimate of drug-likeness (QED) is 0.888. The molecule has 0 fully saturated rings. The third-order valence-electron chi connectivity index (χ3n) is 2.19. The molecule has 0 amide bonds. The Kier molecular flexibility index (Phi) is 4.01. The Morgan fingerprint density at radius 2 is 2.21 bits per heavy atom. The van der Waals surface area contributed by atoms with Crippen molar-refractivity contribution in [3.63, 3.8) is 0 Å². The van der Waals surface area contributed by atoms with E-state index in [-0.39, 0.29) is 5.69 Å². The van der Waals surface area contributed by atoms with Crippen LogP contribution in [0.1, 0.15) is 5.01 Å². The summed E-state index contributed by atoms with van der Waals surface area (Å²) in [4.78, 5) is 4.10. The zero-order valence-corrected chi connectivity index (χ0v) is 11.7. The standard InChI is InChI=1S/C11H12FN3O2S2/c1-19(16,17)15-10-6-8(2-3-9(10)12)14-7-11-13-4-5-18-11/h2-6,14-15H,7H2,1H3. The van der Waals surface area contributed by atoms with Gasteiger partial charge in [0.05, 0.1) is 18.5 Å². The highest BCUT2D eigenvalue weighted by molar-refractivity contribution is 7.92. The van der Waals surface area contributed by atoms with Crippen molar-refractivity contribution in [2.45, 2.75) is 6.54 Å². The van der Waals surface area contributed by atoms with Crippen LogP contribution in [0.25, 0.3) is 0 Å². The van der Waals surface area contributed by atoms with Crippen molar-refractivity contribution >= 4 is 32.7 Å². The average molecular weight is 301 g/mol. The van der Waals surface area contributed by atoms with Crippen molar-refractivity contribution in [2.24, 2.45) is 0 Å². The summed E-state index contributed by atoms with van der Waals surface area (Å²) in [7, 11) is -3.50. The highest BCUT2D eigenvalue weighted by Crippen LogP contribution is 2.21. The lowest BCUT2D eigenvalue weighted by molar-refractivity contribution is 0.604. The van der Waals surface area contributed by atoms with Crippen LogP contribution in [-0.4, -0.2) is 19.7 Å². The first-order valence-electron chi connectivity index (χ1n) is 5.33. The van der Waals surface area contributed by atoms with Crippen LogP contribution in [0.4, 0.5) is 15.8 Å². The molecule has 0 spiro atoms. The van der Waals surface area contributed by atoms with E-state index in [9.17, 15) is 12.8 Å². The second-order valence-corrected chi connectivity index (χ2v) is 6.58. The molecule has 1 aromatic carbocycles. The van der Waals surface area contributed by atoms with Gasteiger partial charge in [0.25, 0.3) is 0 Å². The van der Waals surface area contributed by atoms with E-state index in [0.717, 1.165) is 11.3 Å². The maximum atomic E-state index is 13.4. The molecule has 102 valence electrons. The number of aromatic nitrogens is 1. The van der Waals surface area contributed by atoms with Gasteiger partial charge in [-0.05, 0) is 18.2 Å². The molecule has 2 rings (SSSR count). The summed E-state index contributed by atoms with van der Waals surface area (Å²) in [5.74, 6) is -0.620. The zero-order valence-electron chi connectivity index (χ0n) is 10.1. The van der Waals surface area contributed by atoms with Gasteiger partial charge in [0, 0.05) is 17.3 Å². The van der Waals surface area contributed by atoms with Crippen LogP contribution in [0, 0.1) is 5.82 Å². The normalized spacial score (nSPS) is 11.3. The van der Waals surface area contributed by atoms with Gasteiger partial charge in [0.15, 0.2) is 0 Å². The molecule has 2 aromatic rings. The Morgan fingerprint density at radius 1 is 1.42 bits per heavy atom. The summed E-state index contributed by atoms with van der Waals surface area (Å²) < 4.78 is 37.8. The van der Waals surface area contributed by atoms with Crippen molar-refractivity contribution in [3.8, 4) is 0 Å². The number of rotatable bonds is 5. The number of anilines is 2. The molecule has 19 heavy (non-hydrogen) atoms. The number of hydrogen-bond donors (Lipinski definition) is 2. The fourth-order valence-electron chi connectivity index (χ4n) is 1.43. The fourth-order valence-corrected chi connectivity index (χ4v) is 2.54. The number of nitrogens with one attached hydrogen (secondary N) is 2. The lowest BCUT2D eigenvalue weighted by Gasteiger charge is -2.09. The summed E-state index contributed by atoms with van der Waals surface area (Å²) >= 11 is 1.50. The van der Waals surface area contributed by atoms with Gasteiger partial charge in [0.1, 0.15) is 10.8 Å². The molecule has 0 saturated carbocycles. The molecule has 0 aliphatic heterocycles. The van der Waals surface area contributed by atoms with Crippen LogP contribution in [0.5, 0.6) is 0 Å². The summed E-state index contributed by atoms with van der Waals surface area (Å²) in [5, 5.41) is 5.80. The predicted molar refractivity (Wildman–Crippen MR) is 74.3 cm³/mol. The van der Waals surface area contributed by atoms with Gasteiger partial charge in [-0.25, -0.2) is 17.8 Å². The van der Waals surface area contributed by atoms with E-state index < -0.39 is 15.8 Å². The lowest BCUT2D eigenvalue weighted by Crippen LogP contribution is -2.11. The minimum atomic E-state index is -3.50. The average Bonchev–Trinajstić information content (AvgIpc) is 2.81. The fraction of sp³-hybridized carbons (Fsp3) is 0.182. The molecule has 8 heteroatoms. The van der Waals surface area contributed by atoms with E-state index in [1.54, 1.807) is 6.20 Å². The monoisotopic (exact) mass is 301 g/mol. The largest absolute Gasteiger partial charge is 0.378 e. The van der Waals surface area contributed by atoms with Gasteiger partial charge in [-0.2, -0.15) is 0 Å². The van der Waals surface area contributed by atoms with E-state index in [0.29, 0.717) is 12.2 Å². The number of benzene rings is 1. The van der Waals surface area contributed by atoms with Gasteiger partial charge in [0.2, 0.25) is 10.0 Å². The van der Waals surface area contributed by atoms with Crippen molar-refractivity contribution in [1.29, 1.82) is 0 Å². The third-order valence-corrected chi connectivity index (χ3v) is 3.56. The Morgan fingerprint density at radius 3 is 2.84 bits per heavy atom. The minimum Gasteiger partial charge on any atom is -0.378 e. The first-order chi connectivity index (χ1) is 8.94. The van der Waals surface area contributed by atoms with Crippen molar-refractivity contribution in [2.75, 3.05) is 16.3 Å².